The molecule has 0 saturated heterocycles. The van der Waals surface area contributed by atoms with Gasteiger partial charge in [-0.2, -0.15) is 0 Å². The van der Waals surface area contributed by atoms with Crippen molar-refractivity contribution in [3.05, 3.63) is 27.2 Å². The number of carboxylic acids is 1. The van der Waals surface area contributed by atoms with Gasteiger partial charge in [0.05, 0.1) is 17.4 Å². The van der Waals surface area contributed by atoms with Gasteiger partial charge in [0.2, 0.25) is 5.91 Å². The number of hydrogen-bond acceptors (Lipinski definition) is 4. The minimum Gasteiger partial charge on any atom is -0.481 e. The summed E-state index contributed by atoms with van der Waals surface area (Å²) in [6, 6.07) is 0. The molecule has 4 N–H and O–H groups in total. The lowest BCUT2D eigenvalue weighted by Gasteiger charge is -2.26. The second-order valence-corrected chi connectivity index (χ2v) is 10.2. The van der Waals surface area contributed by atoms with E-state index < -0.39 is 23.7 Å². The summed E-state index contributed by atoms with van der Waals surface area (Å²) in [5.41, 5.74) is 9.31. The number of amides is 2. The molecule has 7 heteroatoms. The lowest BCUT2D eigenvalue weighted by molar-refractivity contribution is -0.148. The maximum atomic E-state index is 13.3. The molecule has 0 unspecified atom stereocenters. The fourth-order valence-corrected chi connectivity index (χ4v) is 7.32. The summed E-state index contributed by atoms with van der Waals surface area (Å²) >= 11 is 1.43. The van der Waals surface area contributed by atoms with Gasteiger partial charge in [0, 0.05) is 4.88 Å². The molecule has 2 bridgehead atoms. The average Bonchev–Trinajstić information content (AvgIpc) is 3.29. The first-order valence-electron chi connectivity index (χ1n) is 10.4. The fourth-order valence-electron chi connectivity index (χ4n) is 5.90. The normalized spacial score (nSPS) is 30.2. The monoisotopic (exact) mass is 416 g/mol. The van der Waals surface area contributed by atoms with Crippen molar-refractivity contribution in [2.45, 2.75) is 52.9 Å². The van der Waals surface area contributed by atoms with Crippen LogP contribution < -0.4 is 11.1 Å². The highest BCUT2D eigenvalue weighted by atomic mass is 32.1. The second-order valence-electron chi connectivity index (χ2n) is 9.04. The Balaban J connectivity index is 1.67. The molecule has 29 heavy (non-hydrogen) atoms. The van der Waals surface area contributed by atoms with Crippen molar-refractivity contribution in [2.24, 2.45) is 35.3 Å². The van der Waals surface area contributed by atoms with Crippen LogP contribution in [0, 0.1) is 29.6 Å². The zero-order valence-electron chi connectivity index (χ0n) is 17.1. The standard InChI is InChI=1S/C22H28N2O4S/c1-9(2)15-12-6-7-13(15)17(22(27)28)16(12)20(26)24-21-18(19(23)25)11-5-4-10(3)8-14(11)29-21/h10,12-13,16-17H,4-8H2,1-3H3,(H2,23,25)(H,24,26)(H,27,28)/t10-,12+,13+,16-,17-/m0/s1. The molecule has 1 aromatic heterocycles. The number of carboxylic acid groups (broad SMARTS) is 1. The maximum Gasteiger partial charge on any atom is 0.307 e. The number of anilines is 1. The van der Waals surface area contributed by atoms with Gasteiger partial charge in [-0.3, -0.25) is 14.4 Å². The van der Waals surface area contributed by atoms with Gasteiger partial charge in [-0.25, -0.2) is 0 Å². The predicted octanol–water partition coefficient (Wildman–Crippen LogP) is 3.60. The highest BCUT2D eigenvalue weighted by Gasteiger charge is 2.57. The average molecular weight is 417 g/mol. The topological polar surface area (TPSA) is 109 Å². The molecule has 6 nitrogen and oxygen atoms in total. The molecule has 3 aliphatic rings. The van der Waals surface area contributed by atoms with E-state index in [2.05, 4.69) is 12.2 Å². The molecule has 3 aliphatic carbocycles. The lowest BCUT2D eigenvalue weighted by atomic mass is 9.78. The highest BCUT2D eigenvalue weighted by molar-refractivity contribution is 7.17. The molecule has 156 valence electrons. The highest BCUT2D eigenvalue weighted by Crippen LogP contribution is 2.57. The molecular formula is C22H28N2O4S. The zero-order chi connectivity index (χ0) is 21.0. The van der Waals surface area contributed by atoms with Crippen LogP contribution in [0.5, 0.6) is 0 Å². The lowest BCUT2D eigenvalue weighted by Crippen LogP contribution is -2.38. The Bertz CT molecular complexity index is 927. The van der Waals surface area contributed by atoms with E-state index in [4.69, 9.17) is 5.73 Å². The molecular weight excluding hydrogens is 388 g/mol. The SMILES string of the molecule is CC(C)=C1[C@H]2CC[C@H]1[C@H](C(=O)Nc1sc3c(c1C(N)=O)CC[C@H](C)C3)[C@H]2C(=O)O. The van der Waals surface area contributed by atoms with Crippen LogP contribution in [0.1, 0.15) is 60.8 Å². The van der Waals surface area contributed by atoms with E-state index in [1.54, 1.807) is 0 Å². The Kier molecular flexibility index (Phi) is 5.05. The summed E-state index contributed by atoms with van der Waals surface area (Å²) in [5, 5.41) is 13.3. The molecule has 2 fully saturated rings. The number of allylic oxidation sites excluding steroid dienone is 2. The molecule has 0 aromatic carbocycles. The zero-order valence-corrected chi connectivity index (χ0v) is 17.9. The summed E-state index contributed by atoms with van der Waals surface area (Å²) in [6.07, 6.45) is 4.32. The maximum absolute atomic E-state index is 13.3. The largest absolute Gasteiger partial charge is 0.481 e. The summed E-state index contributed by atoms with van der Waals surface area (Å²) < 4.78 is 0. The number of aliphatic carboxylic acids is 1. The van der Waals surface area contributed by atoms with Crippen molar-refractivity contribution in [1.29, 1.82) is 0 Å². The Morgan fingerprint density at radius 2 is 1.76 bits per heavy atom. The molecule has 2 saturated carbocycles. The summed E-state index contributed by atoms with van der Waals surface area (Å²) in [6.45, 7) is 6.18. The first kappa shape index (κ1) is 20.1. The Morgan fingerprint density at radius 3 is 2.34 bits per heavy atom. The van der Waals surface area contributed by atoms with E-state index in [-0.39, 0.29) is 17.7 Å². The van der Waals surface area contributed by atoms with Crippen LogP contribution in [-0.4, -0.2) is 22.9 Å². The van der Waals surface area contributed by atoms with Gasteiger partial charge in [-0.05, 0) is 69.3 Å². The predicted molar refractivity (Wildman–Crippen MR) is 112 cm³/mol. The number of thiophene rings is 1. The van der Waals surface area contributed by atoms with E-state index >= 15 is 0 Å². The Morgan fingerprint density at radius 1 is 1.10 bits per heavy atom. The first-order valence-corrected chi connectivity index (χ1v) is 11.2. The summed E-state index contributed by atoms with van der Waals surface area (Å²) in [7, 11) is 0. The van der Waals surface area contributed by atoms with Gasteiger partial charge < -0.3 is 16.2 Å². The van der Waals surface area contributed by atoms with Crippen LogP contribution in [0.3, 0.4) is 0 Å². The van der Waals surface area contributed by atoms with Crippen LogP contribution in [-0.2, 0) is 22.4 Å². The van der Waals surface area contributed by atoms with Crippen molar-refractivity contribution in [2.75, 3.05) is 5.32 Å². The third-order valence-electron chi connectivity index (χ3n) is 7.00. The van der Waals surface area contributed by atoms with Crippen molar-refractivity contribution in [3.63, 3.8) is 0 Å². The van der Waals surface area contributed by atoms with Gasteiger partial charge in [-0.15, -0.1) is 11.3 Å². The molecule has 1 heterocycles. The van der Waals surface area contributed by atoms with E-state index in [1.165, 1.54) is 11.3 Å². The van der Waals surface area contributed by atoms with Gasteiger partial charge in [0.15, 0.2) is 0 Å². The molecule has 2 amide bonds. The number of nitrogens with one attached hydrogen (secondary N) is 1. The second kappa shape index (κ2) is 7.27. The van der Waals surface area contributed by atoms with Gasteiger partial charge in [0.25, 0.3) is 5.91 Å². The Labute approximate surface area is 174 Å². The minimum atomic E-state index is -0.912. The Hall–Kier alpha value is -2.15. The number of fused-ring (bicyclic) bond motifs is 3. The quantitative estimate of drug-likeness (QED) is 0.651. The minimum absolute atomic E-state index is 0.0299. The van der Waals surface area contributed by atoms with Crippen molar-refractivity contribution < 1.29 is 19.5 Å². The third kappa shape index (κ3) is 3.19. The number of primary amides is 1. The van der Waals surface area contributed by atoms with Crippen LogP contribution in [0.15, 0.2) is 11.1 Å². The van der Waals surface area contributed by atoms with Gasteiger partial charge in [-0.1, -0.05) is 18.1 Å². The van der Waals surface area contributed by atoms with Gasteiger partial charge in [0.1, 0.15) is 5.00 Å². The van der Waals surface area contributed by atoms with Crippen molar-refractivity contribution >= 4 is 34.1 Å². The summed E-state index contributed by atoms with van der Waals surface area (Å²) in [5.74, 6) is -2.60. The molecule has 0 aliphatic heterocycles. The molecule has 5 atom stereocenters. The molecule has 1 aromatic rings. The van der Waals surface area contributed by atoms with Gasteiger partial charge >= 0.3 is 5.97 Å². The molecule has 4 rings (SSSR count). The number of nitrogens with two attached hydrogens (primary N) is 1. The van der Waals surface area contributed by atoms with Crippen LogP contribution in [0.4, 0.5) is 5.00 Å². The molecule has 0 spiro atoms. The number of rotatable bonds is 4. The number of carbonyl (C=O) groups excluding carboxylic acids is 2. The van der Waals surface area contributed by atoms with E-state index in [1.807, 2.05) is 13.8 Å². The first-order chi connectivity index (χ1) is 13.7. The molecule has 0 radical (unpaired) electrons. The third-order valence-corrected chi connectivity index (χ3v) is 8.17. The summed E-state index contributed by atoms with van der Waals surface area (Å²) in [4.78, 5) is 38.6. The van der Waals surface area contributed by atoms with E-state index in [9.17, 15) is 19.5 Å². The fraction of sp³-hybridized carbons (Fsp3) is 0.591. The van der Waals surface area contributed by atoms with Crippen molar-refractivity contribution in [3.8, 4) is 0 Å². The number of hydrogen-bond donors (Lipinski definition) is 3. The smallest absolute Gasteiger partial charge is 0.307 e. The number of carbonyl (C=O) groups is 3. The van der Waals surface area contributed by atoms with E-state index in [0.29, 0.717) is 16.5 Å². The van der Waals surface area contributed by atoms with Crippen LogP contribution in [0.2, 0.25) is 0 Å². The van der Waals surface area contributed by atoms with Crippen LogP contribution in [0.25, 0.3) is 0 Å². The van der Waals surface area contributed by atoms with Crippen molar-refractivity contribution in [1.82, 2.24) is 0 Å². The van der Waals surface area contributed by atoms with E-state index in [0.717, 1.165) is 53.7 Å². The van der Waals surface area contributed by atoms with Crippen LogP contribution >= 0.6 is 11.3 Å².